The van der Waals surface area contributed by atoms with Gasteiger partial charge in [-0.15, -0.1) is 11.3 Å². The molecule has 4 nitrogen and oxygen atoms in total. The smallest absolute Gasteiger partial charge is 0.0708 e. The van der Waals surface area contributed by atoms with Gasteiger partial charge in [0.05, 0.1) is 16.9 Å². The summed E-state index contributed by atoms with van der Waals surface area (Å²) >= 11 is 1.78. The number of nitrogens with zero attached hydrogens (tertiary/aromatic N) is 2. The van der Waals surface area contributed by atoms with Crippen LogP contribution in [0.1, 0.15) is 93.5 Å². The van der Waals surface area contributed by atoms with Gasteiger partial charge in [0.1, 0.15) is 0 Å². The number of pyridine rings is 2. The van der Waals surface area contributed by atoms with E-state index in [4.69, 9.17) is 9.97 Å². The normalized spacial score (nSPS) is 37.6. The summed E-state index contributed by atoms with van der Waals surface area (Å²) in [4.78, 5) is 11.4. The molecule has 2 N–H and O–H groups in total. The van der Waals surface area contributed by atoms with Crippen LogP contribution in [0.15, 0.2) is 66.2 Å². The van der Waals surface area contributed by atoms with Crippen LogP contribution in [-0.2, 0) is 13.1 Å². The second-order valence-electron chi connectivity index (χ2n) is 16.4. The van der Waals surface area contributed by atoms with E-state index in [2.05, 4.69) is 76.8 Å². The highest BCUT2D eigenvalue weighted by Crippen LogP contribution is 2.62. The van der Waals surface area contributed by atoms with E-state index in [0.717, 1.165) is 54.3 Å². The van der Waals surface area contributed by atoms with Gasteiger partial charge in [0.15, 0.2) is 0 Å². The van der Waals surface area contributed by atoms with Crippen molar-refractivity contribution in [2.75, 3.05) is 0 Å². The lowest BCUT2D eigenvalue weighted by Crippen LogP contribution is -2.60. The van der Waals surface area contributed by atoms with Crippen molar-refractivity contribution in [3.8, 4) is 10.4 Å². The van der Waals surface area contributed by atoms with Crippen molar-refractivity contribution in [3.63, 3.8) is 0 Å². The summed E-state index contributed by atoms with van der Waals surface area (Å²) < 4.78 is 0. The molecule has 1 aromatic carbocycles. The zero-order chi connectivity index (χ0) is 29.6. The number of hydrogen-bond acceptors (Lipinski definition) is 5. The largest absolute Gasteiger partial charge is 0.306 e. The summed E-state index contributed by atoms with van der Waals surface area (Å²) in [5.74, 6) is 6.00. The molecule has 8 aliphatic carbocycles. The predicted octanol–water partition coefficient (Wildman–Crippen LogP) is 8.87. The Balaban J connectivity index is 0.847. The fraction of sp³-hybridized carbons (Fsp3) is 0.550. The molecule has 3 heterocycles. The second-order valence-corrected chi connectivity index (χ2v) is 17.4. The Morgan fingerprint density at radius 2 is 1.33 bits per heavy atom. The van der Waals surface area contributed by atoms with Crippen molar-refractivity contribution in [1.29, 1.82) is 0 Å². The fourth-order valence-corrected chi connectivity index (χ4v) is 13.1. The van der Waals surface area contributed by atoms with E-state index in [1.807, 2.05) is 0 Å². The molecule has 8 fully saturated rings. The molecule has 8 bridgehead atoms. The molecule has 232 valence electrons. The molecule has 8 aliphatic rings. The number of thiophene rings is 1. The number of benzene rings is 1. The Morgan fingerprint density at radius 3 is 2.00 bits per heavy atom. The number of rotatable bonds is 8. The average Bonchev–Trinajstić information content (AvgIpc) is 3.57. The Morgan fingerprint density at radius 1 is 0.667 bits per heavy atom. The minimum absolute atomic E-state index is 0.278. The fourth-order valence-electron chi connectivity index (χ4n) is 12.4. The third-order valence-corrected chi connectivity index (χ3v) is 14.3. The third kappa shape index (κ3) is 4.83. The first-order valence-corrected chi connectivity index (χ1v) is 18.8. The number of fused-ring (bicyclic) bond motifs is 1. The molecule has 8 saturated carbocycles. The Bertz CT molecular complexity index is 1660. The van der Waals surface area contributed by atoms with Crippen LogP contribution in [0, 0.1) is 35.5 Å². The molecule has 45 heavy (non-hydrogen) atoms. The van der Waals surface area contributed by atoms with Crippen LogP contribution in [0.5, 0.6) is 0 Å². The number of aromatic nitrogens is 2. The van der Waals surface area contributed by atoms with Crippen molar-refractivity contribution in [1.82, 2.24) is 20.6 Å². The molecule has 5 heteroatoms. The van der Waals surface area contributed by atoms with Crippen LogP contribution >= 0.6 is 11.3 Å². The molecule has 0 radical (unpaired) electrons. The molecule has 0 spiro atoms. The van der Waals surface area contributed by atoms with Gasteiger partial charge in [-0.3, -0.25) is 9.97 Å². The molecule has 12 rings (SSSR count). The van der Waals surface area contributed by atoms with E-state index in [9.17, 15) is 0 Å². The van der Waals surface area contributed by atoms with E-state index >= 15 is 0 Å². The van der Waals surface area contributed by atoms with E-state index in [-0.39, 0.29) is 5.54 Å². The summed E-state index contributed by atoms with van der Waals surface area (Å²) in [6.07, 6.45) is 17.5. The lowest BCUT2D eigenvalue weighted by Gasteiger charge is -2.60. The zero-order valence-electron chi connectivity index (χ0n) is 26.4. The maximum atomic E-state index is 5.28. The van der Waals surface area contributed by atoms with Crippen LogP contribution in [0.3, 0.4) is 0 Å². The van der Waals surface area contributed by atoms with Gasteiger partial charge in [0.2, 0.25) is 0 Å². The lowest BCUT2D eigenvalue weighted by molar-refractivity contribution is -0.0388. The molecular weight excluding hydrogens is 569 g/mol. The van der Waals surface area contributed by atoms with Crippen molar-refractivity contribution >= 4 is 22.2 Å². The Hall–Kier alpha value is -2.60. The molecule has 2 atom stereocenters. The third-order valence-electron chi connectivity index (χ3n) is 13.4. The monoisotopic (exact) mass is 614 g/mol. The number of nitrogens with one attached hydrogen (secondary N) is 2. The van der Waals surface area contributed by atoms with Crippen LogP contribution in [0.4, 0.5) is 0 Å². The van der Waals surface area contributed by atoms with Crippen LogP contribution < -0.4 is 10.6 Å². The van der Waals surface area contributed by atoms with Crippen LogP contribution in [0.25, 0.3) is 21.3 Å². The van der Waals surface area contributed by atoms with E-state index in [1.165, 1.54) is 97.7 Å². The highest BCUT2D eigenvalue weighted by molar-refractivity contribution is 7.13. The maximum Gasteiger partial charge on any atom is 0.0708 e. The summed E-state index contributed by atoms with van der Waals surface area (Å²) in [5.41, 5.74) is 7.06. The molecule has 3 aromatic heterocycles. The molecule has 0 saturated heterocycles. The first-order chi connectivity index (χ1) is 22.1. The van der Waals surface area contributed by atoms with Crippen LogP contribution in [-0.4, -0.2) is 21.0 Å². The topological polar surface area (TPSA) is 49.8 Å². The minimum Gasteiger partial charge on any atom is -0.306 e. The summed E-state index contributed by atoms with van der Waals surface area (Å²) in [6.45, 7) is 1.79. The maximum absolute atomic E-state index is 5.28. The molecule has 0 aliphatic heterocycles. The van der Waals surface area contributed by atoms with Gasteiger partial charge >= 0.3 is 0 Å². The lowest BCUT2D eigenvalue weighted by atomic mass is 9.48. The van der Waals surface area contributed by atoms with Crippen LogP contribution in [0.2, 0.25) is 0 Å². The van der Waals surface area contributed by atoms with Crippen molar-refractivity contribution < 1.29 is 0 Å². The number of hydrogen-bond donors (Lipinski definition) is 2. The van der Waals surface area contributed by atoms with Crippen molar-refractivity contribution in [2.24, 2.45) is 35.5 Å². The summed E-state index contributed by atoms with van der Waals surface area (Å²) in [5, 5.41) is 11.7. The first kappa shape index (κ1) is 27.5. The van der Waals surface area contributed by atoms with Gasteiger partial charge in [-0.1, -0.05) is 30.3 Å². The van der Waals surface area contributed by atoms with Crippen molar-refractivity contribution in [2.45, 2.75) is 101 Å². The average molecular weight is 615 g/mol. The van der Waals surface area contributed by atoms with Crippen molar-refractivity contribution in [3.05, 3.63) is 83.1 Å². The van der Waals surface area contributed by atoms with Gasteiger partial charge in [0, 0.05) is 46.2 Å². The highest BCUT2D eigenvalue weighted by atomic mass is 32.1. The van der Waals surface area contributed by atoms with Gasteiger partial charge in [0.25, 0.3) is 0 Å². The van der Waals surface area contributed by atoms with Gasteiger partial charge < -0.3 is 10.6 Å². The molecular formula is C40H46N4S. The first-order valence-electron chi connectivity index (χ1n) is 18.0. The predicted molar refractivity (Wildman–Crippen MR) is 183 cm³/mol. The van der Waals surface area contributed by atoms with E-state index in [0.29, 0.717) is 11.5 Å². The highest BCUT2D eigenvalue weighted by Gasteiger charge is 2.55. The zero-order valence-corrected chi connectivity index (χ0v) is 27.2. The molecule has 4 aromatic rings. The Labute approximate surface area is 271 Å². The van der Waals surface area contributed by atoms with E-state index in [1.54, 1.807) is 16.9 Å². The SMILES string of the molecule is c1csc(-c2ccc(CNC34CC5CC(C3)C(c3cccc6nc(CNC78CC9CC(CC(C9)C7)C8)ccc36)C(C5)C4)nc2)c1. The molecule has 0 amide bonds. The van der Waals surface area contributed by atoms with E-state index < -0.39 is 0 Å². The van der Waals surface area contributed by atoms with Gasteiger partial charge in [-0.05, 0) is 147 Å². The minimum atomic E-state index is 0.278. The standard InChI is InChI=1S/C40H46N4S/c1-3-35(34-9-8-33(44-36(34)4-1)24-43-39-16-25-11-26(17-39)13-27(12-25)18-39)38-30-14-28-15-31(38)21-40(19-28,20-30)42-23-32-7-6-29(22-41-32)37-5-2-10-45-37/h1-10,22,25-28,30-31,38,42-43H,11-21,23-24H2. The summed E-state index contributed by atoms with van der Waals surface area (Å²) in [7, 11) is 0. The quantitative estimate of drug-likeness (QED) is 0.208. The Kier molecular flexibility index (Phi) is 6.39. The molecule has 2 unspecified atom stereocenters. The second kappa shape index (κ2) is 10.5. The van der Waals surface area contributed by atoms with Gasteiger partial charge in [-0.25, -0.2) is 0 Å². The van der Waals surface area contributed by atoms with Gasteiger partial charge in [-0.2, -0.15) is 0 Å². The summed E-state index contributed by atoms with van der Waals surface area (Å²) in [6, 6.07) is 20.5.